The van der Waals surface area contributed by atoms with Crippen LogP contribution in [0.3, 0.4) is 0 Å². The number of aliphatic hydroxyl groups is 1. The second-order valence-corrected chi connectivity index (χ2v) is 7.18. The Morgan fingerprint density at radius 3 is 2.70 bits per heavy atom. The molecule has 0 bridgehead atoms. The Morgan fingerprint density at radius 1 is 1.13 bits per heavy atom. The topological polar surface area (TPSA) is 89.5 Å². The average molecular weight is 408 g/mol. The van der Waals surface area contributed by atoms with Gasteiger partial charge in [-0.2, -0.15) is 5.10 Å². The fourth-order valence-electron chi connectivity index (χ4n) is 3.85. The third-order valence-corrected chi connectivity index (χ3v) is 5.32. The van der Waals surface area contributed by atoms with E-state index in [9.17, 15) is 4.39 Å². The molecular weight excluding hydrogens is 387 g/mol. The maximum absolute atomic E-state index is 13.5. The van der Waals surface area contributed by atoms with Gasteiger partial charge in [0.1, 0.15) is 24.1 Å². The molecule has 9 heteroatoms. The highest BCUT2D eigenvalue weighted by Crippen LogP contribution is 2.35. The predicted octanol–water partition coefficient (Wildman–Crippen LogP) is 3.11. The van der Waals surface area contributed by atoms with E-state index in [1.54, 1.807) is 22.8 Å². The van der Waals surface area contributed by atoms with Crippen molar-refractivity contribution < 1.29 is 14.2 Å². The van der Waals surface area contributed by atoms with E-state index in [0.717, 1.165) is 35.5 Å². The van der Waals surface area contributed by atoms with Gasteiger partial charge in [0, 0.05) is 24.8 Å². The van der Waals surface area contributed by atoms with Crippen LogP contribution in [0.25, 0.3) is 28.3 Å². The maximum Gasteiger partial charge on any atom is 0.156 e. The van der Waals surface area contributed by atoms with Crippen LogP contribution in [-0.4, -0.2) is 49.2 Å². The van der Waals surface area contributed by atoms with Crippen LogP contribution in [0.5, 0.6) is 0 Å². The second-order valence-electron chi connectivity index (χ2n) is 7.18. The van der Waals surface area contributed by atoms with Gasteiger partial charge in [-0.1, -0.05) is 0 Å². The highest BCUT2D eigenvalue weighted by atomic mass is 19.1. The fraction of sp³-hybridized carbons (Fsp3) is 0.286. The summed E-state index contributed by atoms with van der Waals surface area (Å²) in [5.74, 6) is 0.255. The van der Waals surface area contributed by atoms with E-state index < -0.39 is 0 Å². The number of nitrogens with one attached hydrogen (secondary N) is 1. The zero-order chi connectivity index (χ0) is 20.5. The lowest BCUT2D eigenvalue weighted by molar-refractivity contribution is 0.0699. The molecule has 0 saturated carbocycles. The summed E-state index contributed by atoms with van der Waals surface area (Å²) in [4.78, 5) is 9.05. The Bertz CT molecular complexity index is 1160. The molecule has 1 fully saturated rings. The lowest BCUT2D eigenvalue weighted by atomic mass is 10.1. The lowest BCUT2D eigenvalue weighted by Gasteiger charge is -2.25. The summed E-state index contributed by atoms with van der Waals surface area (Å²) in [5.41, 5.74) is 3.85. The van der Waals surface area contributed by atoms with Gasteiger partial charge in [-0.15, -0.1) is 0 Å². The van der Waals surface area contributed by atoms with Gasteiger partial charge in [-0.3, -0.25) is 0 Å². The molecule has 4 heterocycles. The number of rotatable bonds is 5. The average Bonchev–Trinajstić information content (AvgIpc) is 3.38. The first kappa shape index (κ1) is 18.7. The Balaban J connectivity index is 1.65. The number of halogens is 1. The van der Waals surface area contributed by atoms with Gasteiger partial charge >= 0.3 is 0 Å². The molecule has 0 unspecified atom stereocenters. The zero-order valence-corrected chi connectivity index (χ0v) is 16.2. The first-order valence-corrected chi connectivity index (χ1v) is 9.85. The molecule has 1 aromatic carbocycles. The molecule has 0 radical (unpaired) electrons. The molecule has 30 heavy (non-hydrogen) atoms. The van der Waals surface area contributed by atoms with Gasteiger partial charge in [-0.05, 0) is 49.2 Å². The van der Waals surface area contributed by atoms with Gasteiger partial charge in [-0.25, -0.2) is 18.9 Å². The van der Waals surface area contributed by atoms with Crippen LogP contribution in [0.15, 0.2) is 48.9 Å². The van der Waals surface area contributed by atoms with Crippen LogP contribution in [0.2, 0.25) is 0 Å². The van der Waals surface area contributed by atoms with Gasteiger partial charge in [0.2, 0.25) is 0 Å². The monoisotopic (exact) mass is 408 g/mol. The van der Waals surface area contributed by atoms with Crippen LogP contribution in [0.1, 0.15) is 18.9 Å². The summed E-state index contributed by atoms with van der Waals surface area (Å²) in [5, 5.41) is 16.6. The van der Waals surface area contributed by atoms with Crippen LogP contribution in [0.4, 0.5) is 10.2 Å². The minimum Gasteiger partial charge on any atom is -0.381 e. The zero-order valence-electron chi connectivity index (χ0n) is 16.2. The molecule has 5 rings (SSSR count). The molecule has 1 saturated heterocycles. The van der Waals surface area contributed by atoms with Crippen LogP contribution < -0.4 is 5.32 Å². The lowest BCUT2D eigenvalue weighted by Crippen LogP contribution is -2.20. The number of fused-ring (bicyclic) bond motifs is 1. The van der Waals surface area contributed by atoms with Gasteiger partial charge in [0.05, 0.1) is 23.9 Å². The standard InChI is InChI=1S/C21H21FN6O2/c22-15-3-1-14(2-4-15)20-21(27(12-23-20)16-7-9-30-10-8-16)17-5-6-19-25-18(24-13-29)11-28(19)26-17/h1-6,11-12,16,24,29H,7-10,13H2. The summed E-state index contributed by atoms with van der Waals surface area (Å²) >= 11 is 0. The number of anilines is 1. The molecule has 3 aromatic heterocycles. The van der Waals surface area contributed by atoms with E-state index in [4.69, 9.17) is 14.9 Å². The van der Waals surface area contributed by atoms with Crippen molar-refractivity contribution in [3.8, 4) is 22.6 Å². The van der Waals surface area contributed by atoms with Crippen molar-refractivity contribution >= 4 is 11.5 Å². The number of ether oxygens (including phenoxy) is 1. The van der Waals surface area contributed by atoms with E-state index in [2.05, 4.69) is 19.9 Å². The van der Waals surface area contributed by atoms with Crippen molar-refractivity contribution in [1.29, 1.82) is 0 Å². The molecule has 154 valence electrons. The highest BCUT2D eigenvalue weighted by molar-refractivity contribution is 5.77. The molecule has 1 aliphatic rings. The van der Waals surface area contributed by atoms with E-state index in [1.807, 2.05) is 18.5 Å². The predicted molar refractivity (Wildman–Crippen MR) is 109 cm³/mol. The largest absolute Gasteiger partial charge is 0.381 e. The summed E-state index contributed by atoms with van der Waals surface area (Å²) in [6.45, 7) is 1.21. The Labute approximate surface area is 172 Å². The molecule has 8 nitrogen and oxygen atoms in total. The van der Waals surface area contributed by atoms with Crippen molar-refractivity contribution in [2.24, 2.45) is 0 Å². The van der Waals surface area contributed by atoms with Crippen LogP contribution in [0, 0.1) is 5.82 Å². The molecule has 1 aliphatic heterocycles. The molecule has 2 N–H and O–H groups in total. The fourth-order valence-corrected chi connectivity index (χ4v) is 3.85. The third-order valence-electron chi connectivity index (χ3n) is 5.32. The number of imidazole rings is 2. The Kier molecular flexibility index (Phi) is 4.89. The second kappa shape index (κ2) is 7.85. The quantitative estimate of drug-likeness (QED) is 0.493. The van der Waals surface area contributed by atoms with E-state index >= 15 is 0 Å². The summed E-state index contributed by atoms with van der Waals surface area (Å²) in [7, 11) is 0. The van der Waals surface area contributed by atoms with Crippen molar-refractivity contribution in [3.05, 3.63) is 54.7 Å². The minimum atomic E-state index is -0.286. The summed E-state index contributed by atoms with van der Waals surface area (Å²) < 4.78 is 22.8. The van der Waals surface area contributed by atoms with Crippen molar-refractivity contribution in [2.75, 3.05) is 25.3 Å². The third kappa shape index (κ3) is 3.42. The highest BCUT2D eigenvalue weighted by Gasteiger charge is 2.24. The smallest absolute Gasteiger partial charge is 0.156 e. The number of nitrogens with zero attached hydrogens (tertiary/aromatic N) is 5. The number of aliphatic hydroxyl groups excluding tert-OH is 1. The van der Waals surface area contributed by atoms with Crippen molar-refractivity contribution in [1.82, 2.24) is 24.1 Å². The molecule has 0 atom stereocenters. The van der Waals surface area contributed by atoms with E-state index in [-0.39, 0.29) is 18.6 Å². The normalized spacial score (nSPS) is 15.0. The number of benzene rings is 1. The first-order chi connectivity index (χ1) is 14.7. The number of aromatic nitrogens is 5. The molecular formula is C21H21FN6O2. The van der Waals surface area contributed by atoms with Gasteiger partial charge in [0.15, 0.2) is 5.65 Å². The number of hydrogen-bond acceptors (Lipinski definition) is 6. The van der Waals surface area contributed by atoms with Crippen molar-refractivity contribution in [2.45, 2.75) is 18.9 Å². The summed E-state index contributed by atoms with van der Waals surface area (Å²) in [6.07, 6.45) is 5.35. The maximum atomic E-state index is 13.5. The molecule has 0 amide bonds. The van der Waals surface area contributed by atoms with Gasteiger partial charge in [0.25, 0.3) is 0 Å². The van der Waals surface area contributed by atoms with Gasteiger partial charge < -0.3 is 19.7 Å². The Hall–Kier alpha value is -3.30. The molecule has 4 aromatic rings. The van der Waals surface area contributed by atoms with E-state index in [0.29, 0.717) is 24.7 Å². The minimum absolute atomic E-state index is 0.206. The number of hydrogen-bond donors (Lipinski definition) is 2. The van der Waals surface area contributed by atoms with E-state index in [1.165, 1.54) is 12.1 Å². The van der Waals surface area contributed by atoms with Crippen LogP contribution in [-0.2, 0) is 4.74 Å². The molecule has 0 spiro atoms. The SMILES string of the molecule is OCNc1cn2nc(-c3c(-c4ccc(F)cc4)ncn3C3CCOCC3)ccc2n1. The summed E-state index contributed by atoms with van der Waals surface area (Å²) in [6, 6.07) is 10.4. The van der Waals surface area contributed by atoms with Crippen molar-refractivity contribution in [3.63, 3.8) is 0 Å². The Morgan fingerprint density at radius 2 is 1.93 bits per heavy atom. The first-order valence-electron chi connectivity index (χ1n) is 9.85. The molecule has 0 aliphatic carbocycles. The van der Waals surface area contributed by atoms with Crippen LogP contribution >= 0.6 is 0 Å².